The molecule has 0 aliphatic rings. The van der Waals surface area contributed by atoms with Gasteiger partial charge in [-0.3, -0.25) is 4.79 Å². The summed E-state index contributed by atoms with van der Waals surface area (Å²) in [6, 6.07) is 14.9. The number of esters is 1. The van der Waals surface area contributed by atoms with Gasteiger partial charge in [-0.2, -0.15) is 0 Å². The van der Waals surface area contributed by atoms with Gasteiger partial charge in [0, 0.05) is 0 Å². The highest BCUT2D eigenvalue weighted by Gasteiger charge is 2.14. The Morgan fingerprint density at radius 2 is 1.58 bits per heavy atom. The third kappa shape index (κ3) is 6.50. The summed E-state index contributed by atoms with van der Waals surface area (Å²) in [4.78, 5) is 11.6. The highest BCUT2D eigenvalue weighted by Crippen LogP contribution is 2.07. The summed E-state index contributed by atoms with van der Waals surface area (Å²) in [5.74, 6) is -1.22. The van der Waals surface area contributed by atoms with Crippen LogP contribution < -0.4 is 0 Å². The van der Waals surface area contributed by atoms with E-state index in [0.29, 0.717) is 6.42 Å². The van der Waals surface area contributed by atoms with E-state index in [1.54, 1.807) is 12.1 Å². The first-order valence-electron chi connectivity index (χ1n) is 7.59. The van der Waals surface area contributed by atoms with Crippen LogP contribution in [0.25, 0.3) is 0 Å². The number of benzene rings is 2. The van der Waals surface area contributed by atoms with Crippen molar-refractivity contribution < 1.29 is 22.3 Å². The van der Waals surface area contributed by atoms with Crippen molar-refractivity contribution in [1.82, 2.24) is 0 Å². The predicted octanol–water partition coefficient (Wildman–Crippen LogP) is 2.92. The second kappa shape index (κ2) is 8.59. The Bertz CT molecular complexity index is 755. The van der Waals surface area contributed by atoms with Gasteiger partial charge in [0.25, 0.3) is 0 Å². The van der Waals surface area contributed by atoms with Crippen molar-refractivity contribution in [3.05, 3.63) is 71.5 Å². The van der Waals surface area contributed by atoms with Crippen molar-refractivity contribution in [3.8, 4) is 0 Å². The Kier molecular flexibility index (Phi) is 6.49. The molecule has 2 rings (SSSR count). The molecule has 0 atom stereocenters. The quantitative estimate of drug-likeness (QED) is 0.687. The Morgan fingerprint density at radius 1 is 0.917 bits per heavy atom. The third-order valence-corrected chi connectivity index (χ3v) is 5.13. The second-order valence-corrected chi connectivity index (χ2v) is 7.73. The fraction of sp³-hybridized carbons (Fsp3) is 0.278. The van der Waals surface area contributed by atoms with Crippen LogP contribution in [0.3, 0.4) is 0 Å². The van der Waals surface area contributed by atoms with Gasteiger partial charge in [0.2, 0.25) is 0 Å². The van der Waals surface area contributed by atoms with Crippen LogP contribution in [-0.4, -0.2) is 25.9 Å². The minimum absolute atomic E-state index is 0.0788. The van der Waals surface area contributed by atoms with Crippen molar-refractivity contribution in [2.75, 3.05) is 11.5 Å². The molecule has 24 heavy (non-hydrogen) atoms. The van der Waals surface area contributed by atoms with Crippen LogP contribution in [0.15, 0.2) is 54.6 Å². The summed E-state index contributed by atoms with van der Waals surface area (Å²) in [6.45, 7) is 0.134. The summed E-state index contributed by atoms with van der Waals surface area (Å²) in [5, 5.41) is 0. The normalized spacial score (nSPS) is 11.2. The van der Waals surface area contributed by atoms with Gasteiger partial charge in [-0.15, -0.1) is 0 Å². The van der Waals surface area contributed by atoms with E-state index in [1.807, 2.05) is 30.3 Å². The number of sulfone groups is 1. The average molecular weight is 350 g/mol. The van der Waals surface area contributed by atoms with Gasteiger partial charge >= 0.3 is 5.97 Å². The molecular weight excluding hydrogens is 331 g/mol. The van der Waals surface area contributed by atoms with E-state index in [2.05, 4.69) is 0 Å². The molecule has 2 aromatic carbocycles. The minimum atomic E-state index is -3.36. The lowest BCUT2D eigenvalue weighted by atomic mass is 10.2. The molecular formula is C18H19FO4S. The molecule has 0 fully saturated rings. The van der Waals surface area contributed by atoms with Crippen molar-refractivity contribution in [1.29, 1.82) is 0 Å². The van der Waals surface area contributed by atoms with Crippen LogP contribution in [0.5, 0.6) is 0 Å². The standard InChI is InChI=1S/C18H19FO4S/c19-17-8-6-15(7-9-17)10-12-24(21,22)13-11-18(20)23-14-16-4-2-1-3-5-16/h1-9H,10-14H2. The van der Waals surface area contributed by atoms with E-state index in [9.17, 15) is 17.6 Å². The van der Waals surface area contributed by atoms with E-state index in [4.69, 9.17) is 4.74 Å². The average Bonchev–Trinajstić information content (AvgIpc) is 2.59. The molecule has 0 aromatic heterocycles. The van der Waals surface area contributed by atoms with Crippen LogP contribution in [0.4, 0.5) is 4.39 Å². The largest absolute Gasteiger partial charge is 0.461 e. The zero-order chi connectivity index (χ0) is 17.4. The number of hydrogen-bond donors (Lipinski definition) is 0. The highest BCUT2D eigenvalue weighted by atomic mass is 32.2. The summed E-state index contributed by atoms with van der Waals surface area (Å²) in [6.07, 6.45) is 0.125. The van der Waals surface area contributed by atoms with E-state index in [-0.39, 0.29) is 30.4 Å². The lowest BCUT2D eigenvalue weighted by Gasteiger charge is -2.06. The van der Waals surface area contributed by atoms with E-state index < -0.39 is 15.8 Å². The van der Waals surface area contributed by atoms with Gasteiger partial charge in [0.05, 0.1) is 17.9 Å². The Labute approximate surface area is 141 Å². The van der Waals surface area contributed by atoms with Crippen molar-refractivity contribution >= 4 is 15.8 Å². The monoisotopic (exact) mass is 350 g/mol. The van der Waals surface area contributed by atoms with Crippen molar-refractivity contribution in [2.45, 2.75) is 19.4 Å². The van der Waals surface area contributed by atoms with Gasteiger partial charge in [-0.05, 0) is 29.7 Å². The van der Waals surface area contributed by atoms with Crippen molar-refractivity contribution in [2.24, 2.45) is 0 Å². The summed E-state index contributed by atoms with van der Waals surface area (Å²) in [5.41, 5.74) is 1.59. The molecule has 0 heterocycles. The molecule has 0 aliphatic heterocycles. The van der Waals surface area contributed by atoms with Crippen LogP contribution in [0.2, 0.25) is 0 Å². The Morgan fingerprint density at radius 3 is 2.25 bits per heavy atom. The van der Waals surface area contributed by atoms with E-state index in [1.165, 1.54) is 12.1 Å². The maximum Gasteiger partial charge on any atom is 0.307 e. The molecule has 0 bridgehead atoms. The fourth-order valence-electron chi connectivity index (χ4n) is 2.08. The molecule has 0 aliphatic carbocycles. The van der Waals surface area contributed by atoms with Gasteiger partial charge < -0.3 is 4.74 Å². The zero-order valence-corrected chi connectivity index (χ0v) is 14.0. The predicted molar refractivity (Wildman–Crippen MR) is 89.6 cm³/mol. The number of carbonyl (C=O) groups excluding carboxylic acids is 1. The molecule has 0 spiro atoms. The lowest BCUT2D eigenvalue weighted by Crippen LogP contribution is -2.17. The summed E-state index contributed by atoms with van der Waals surface area (Å²) < 4.78 is 41.8. The van der Waals surface area contributed by atoms with Crippen LogP contribution >= 0.6 is 0 Å². The first kappa shape index (κ1) is 18.1. The number of aryl methyl sites for hydroxylation is 1. The Balaban J connectivity index is 1.73. The van der Waals surface area contributed by atoms with Gasteiger partial charge in [0.15, 0.2) is 9.84 Å². The molecule has 4 nitrogen and oxygen atoms in total. The first-order valence-corrected chi connectivity index (χ1v) is 9.41. The maximum atomic E-state index is 12.8. The van der Waals surface area contributed by atoms with E-state index >= 15 is 0 Å². The number of hydrogen-bond acceptors (Lipinski definition) is 4. The van der Waals surface area contributed by atoms with Gasteiger partial charge in [0.1, 0.15) is 12.4 Å². The van der Waals surface area contributed by atoms with Crippen LogP contribution in [0.1, 0.15) is 17.5 Å². The molecule has 128 valence electrons. The molecule has 0 saturated heterocycles. The molecule has 0 radical (unpaired) electrons. The molecule has 0 amide bonds. The molecule has 6 heteroatoms. The zero-order valence-electron chi connectivity index (χ0n) is 13.2. The summed E-state index contributed by atoms with van der Waals surface area (Å²) in [7, 11) is -3.36. The molecule has 0 saturated carbocycles. The second-order valence-electron chi connectivity index (χ2n) is 5.42. The molecule has 0 N–H and O–H groups in total. The van der Waals surface area contributed by atoms with Crippen molar-refractivity contribution in [3.63, 3.8) is 0 Å². The van der Waals surface area contributed by atoms with Gasteiger partial charge in [-0.25, -0.2) is 12.8 Å². The topological polar surface area (TPSA) is 60.4 Å². The number of rotatable bonds is 8. The highest BCUT2D eigenvalue weighted by molar-refractivity contribution is 7.91. The number of ether oxygens (including phenoxy) is 1. The maximum absolute atomic E-state index is 12.8. The first-order chi connectivity index (χ1) is 11.4. The van der Waals surface area contributed by atoms with E-state index in [0.717, 1.165) is 11.1 Å². The molecule has 2 aromatic rings. The third-order valence-electron chi connectivity index (χ3n) is 3.47. The smallest absolute Gasteiger partial charge is 0.307 e. The van der Waals surface area contributed by atoms with Gasteiger partial charge in [-0.1, -0.05) is 42.5 Å². The molecule has 0 unspecified atom stereocenters. The van der Waals surface area contributed by atoms with Crippen LogP contribution in [-0.2, 0) is 32.4 Å². The Hall–Kier alpha value is -2.21. The number of carbonyl (C=O) groups is 1. The SMILES string of the molecule is O=C(CCS(=O)(=O)CCc1ccc(F)cc1)OCc1ccccc1. The minimum Gasteiger partial charge on any atom is -0.461 e. The number of halogens is 1. The summed E-state index contributed by atoms with van der Waals surface area (Å²) >= 11 is 0. The fourth-order valence-corrected chi connectivity index (χ4v) is 3.30. The lowest BCUT2D eigenvalue weighted by molar-refractivity contribution is -0.144. The van der Waals surface area contributed by atoms with Crippen LogP contribution in [0, 0.1) is 5.82 Å².